The summed E-state index contributed by atoms with van der Waals surface area (Å²) < 4.78 is 47.8. The Hall–Kier alpha value is -1.46. The largest absolute Gasteiger partial charge is 0.397 e. The first-order valence-corrected chi connectivity index (χ1v) is 30.2. The number of nitrogens with one attached hydrogen (secondary N) is 1. The van der Waals surface area contributed by atoms with E-state index in [4.69, 9.17) is 9.47 Å². The average molecular weight is 1020 g/mol. The van der Waals surface area contributed by atoms with Crippen molar-refractivity contribution in [3.8, 4) is 0 Å². The van der Waals surface area contributed by atoms with Crippen molar-refractivity contribution in [1.29, 1.82) is 0 Å². The number of carbonyl (C=O) groups excluding carboxylic acids is 1. The second-order valence-electron chi connectivity index (χ2n) is 20.4. The van der Waals surface area contributed by atoms with Crippen LogP contribution in [-0.2, 0) is 28.9 Å². The third-order valence-corrected chi connectivity index (χ3v) is 14.3. The average Bonchev–Trinajstić information content (AvgIpc) is 3.33. The van der Waals surface area contributed by atoms with Gasteiger partial charge in [-0.25, -0.2) is 4.18 Å². The Morgan fingerprint density at radius 3 is 1.33 bits per heavy atom. The van der Waals surface area contributed by atoms with Crippen molar-refractivity contribution < 1.29 is 57.0 Å². The standard InChI is InChI=1S/C56H107NO12S/c1-3-5-7-9-11-13-15-17-19-21-23-25-27-28-30-32-34-36-38-40-42-44-49(59)48(47-67-56-53(62)54(69-70(64,65)66)52(61)51(46-58)68-56)57-55(63)50(60)45-43-41-39-37-35-33-31-29-26-24-22-20-18-16-14-12-10-8-6-4-2/h26,29,42,44,48-54,56,58-62H,3-25,27-28,30-41,43,45-47H2,1-2H3,(H,57,63)(H,64,65,66)/b29-26-,44-42+. The lowest BCUT2D eigenvalue weighted by atomic mass is 9.99. The number of carbonyl (C=O) groups is 1. The van der Waals surface area contributed by atoms with Gasteiger partial charge in [-0.15, -0.1) is 0 Å². The Morgan fingerprint density at radius 2 is 0.943 bits per heavy atom. The molecule has 1 rings (SSSR count). The Labute approximate surface area is 427 Å². The number of rotatable bonds is 50. The minimum atomic E-state index is -5.12. The van der Waals surface area contributed by atoms with Crippen molar-refractivity contribution in [3.05, 3.63) is 24.3 Å². The van der Waals surface area contributed by atoms with E-state index in [0.717, 1.165) is 57.8 Å². The minimum absolute atomic E-state index is 0.238. The molecule has 1 amide bonds. The zero-order valence-corrected chi connectivity index (χ0v) is 45.3. The molecule has 0 aromatic carbocycles. The molecule has 8 atom stereocenters. The SMILES string of the molecule is CCCCCCCCCCCC/C=C\CCCCCCCCC(O)C(=O)NC(COC1OC(CO)C(O)C(OS(=O)(=O)O)C1O)C(O)/C=C/CCCCCCCCCCCCCCCCCCCCC. The van der Waals surface area contributed by atoms with Crippen molar-refractivity contribution in [2.45, 2.75) is 313 Å². The molecule has 13 nitrogen and oxygen atoms in total. The molecular weight excluding hydrogens is 911 g/mol. The first-order valence-electron chi connectivity index (χ1n) is 28.8. The molecule has 0 bridgehead atoms. The number of hydrogen-bond acceptors (Lipinski definition) is 11. The summed E-state index contributed by atoms with van der Waals surface area (Å²) in [6.07, 6.45) is 43.9. The molecule has 1 aliphatic heterocycles. The lowest BCUT2D eigenvalue weighted by molar-refractivity contribution is -0.298. The zero-order chi connectivity index (χ0) is 51.3. The summed E-state index contributed by atoms with van der Waals surface area (Å²) in [4.78, 5) is 13.2. The van der Waals surface area contributed by atoms with Crippen LogP contribution in [0.4, 0.5) is 0 Å². The number of ether oxygens (including phenoxy) is 2. The molecular formula is C56H107NO12S. The van der Waals surface area contributed by atoms with Crippen LogP contribution in [0.15, 0.2) is 24.3 Å². The molecule has 0 spiro atoms. The fourth-order valence-electron chi connectivity index (χ4n) is 9.28. The Morgan fingerprint density at radius 1 is 0.571 bits per heavy atom. The molecule has 1 saturated heterocycles. The summed E-state index contributed by atoms with van der Waals surface area (Å²) in [5.74, 6) is -0.703. The number of amides is 1. The summed E-state index contributed by atoms with van der Waals surface area (Å²) in [6, 6.07) is -1.12. The number of aliphatic hydroxyl groups excluding tert-OH is 5. The van der Waals surface area contributed by atoms with Gasteiger partial charge in [0.2, 0.25) is 5.91 Å². The Balaban J connectivity index is 2.45. The Bertz CT molecular complexity index is 1350. The molecule has 1 fully saturated rings. The van der Waals surface area contributed by atoms with Crippen LogP contribution < -0.4 is 5.32 Å². The van der Waals surface area contributed by atoms with E-state index < -0.39 is 78.5 Å². The van der Waals surface area contributed by atoms with Gasteiger partial charge in [0, 0.05) is 0 Å². The molecule has 0 radical (unpaired) electrons. The summed E-state index contributed by atoms with van der Waals surface area (Å²) >= 11 is 0. The van der Waals surface area contributed by atoms with Gasteiger partial charge in [0.1, 0.15) is 30.5 Å². The van der Waals surface area contributed by atoms with Crippen LogP contribution in [0.25, 0.3) is 0 Å². The predicted octanol–water partition coefficient (Wildman–Crippen LogP) is 12.2. The maximum Gasteiger partial charge on any atom is 0.397 e. The minimum Gasteiger partial charge on any atom is -0.394 e. The van der Waals surface area contributed by atoms with Gasteiger partial charge in [-0.1, -0.05) is 244 Å². The van der Waals surface area contributed by atoms with E-state index in [9.17, 15) is 43.3 Å². The number of allylic oxidation sites excluding steroid dienone is 3. The lowest BCUT2D eigenvalue weighted by Crippen LogP contribution is -2.61. The fourth-order valence-corrected chi connectivity index (χ4v) is 9.79. The van der Waals surface area contributed by atoms with Gasteiger partial charge in [0.15, 0.2) is 6.29 Å². The maximum atomic E-state index is 13.2. The highest BCUT2D eigenvalue weighted by molar-refractivity contribution is 7.80. The summed E-state index contributed by atoms with van der Waals surface area (Å²) in [7, 11) is -5.12. The molecule has 8 unspecified atom stereocenters. The smallest absolute Gasteiger partial charge is 0.394 e. The maximum absolute atomic E-state index is 13.2. The second kappa shape index (κ2) is 46.1. The van der Waals surface area contributed by atoms with E-state index in [1.165, 1.54) is 173 Å². The van der Waals surface area contributed by atoms with Crippen LogP contribution in [0.1, 0.15) is 264 Å². The zero-order valence-electron chi connectivity index (χ0n) is 44.5. The molecule has 0 aromatic heterocycles. The monoisotopic (exact) mass is 1020 g/mol. The molecule has 7 N–H and O–H groups in total. The van der Waals surface area contributed by atoms with Crippen LogP contribution in [0.3, 0.4) is 0 Å². The molecule has 0 aliphatic carbocycles. The predicted molar refractivity (Wildman–Crippen MR) is 284 cm³/mol. The van der Waals surface area contributed by atoms with Crippen molar-refractivity contribution in [1.82, 2.24) is 5.32 Å². The molecule has 14 heteroatoms. The van der Waals surface area contributed by atoms with E-state index in [2.05, 4.69) is 35.5 Å². The van der Waals surface area contributed by atoms with Crippen molar-refractivity contribution in [2.24, 2.45) is 0 Å². The summed E-state index contributed by atoms with van der Waals surface area (Å²) in [5.41, 5.74) is 0. The van der Waals surface area contributed by atoms with Crippen LogP contribution in [0, 0.1) is 0 Å². The first kappa shape index (κ1) is 66.6. The fraction of sp³-hybridized carbons (Fsp3) is 0.911. The normalized spacial score (nSPS) is 20.1. The van der Waals surface area contributed by atoms with Crippen molar-refractivity contribution in [3.63, 3.8) is 0 Å². The lowest BCUT2D eigenvalue weighted by Gasteiger charge is -2.41. The molecule has 70 heavy (non-hydrogen) atoms. The summed E-state index contributed by atoms with van der Waals surface area (Å²) in [5, 5.41) is 55.5. The van der Waals surface area contributed by atoms with Crippen LogP contribution in [-0.4, -0.2) is 107 Å². The van der Waals surface area contributed by atoms with Gasteiger partial charge < -0.3 is 40.3 Å². The van der Waals surface area contributed by atoms with Gasteiger partial charge in [-0.3, -0.25) is 9.35 Å². The molecule has 414 valence electrons. The van der Waals surface area contributed by atoms with Gasteiger partial charge >= 0.3 is 10.4 Å². The van der Waals surface area contributed by atoms with E-state index in [1.54, 1.807) is 6.08 Å². The van der Waals surface area contributed by atoms with E-state index in [1.807, 2.05) is 6.08 Å². The highest BCUT2D eigenvalue weighted by Gasteiger charge is 2.48. The van der Waals surface area contributed by atoms with Crippen LogP contribution in [0.5, 0.6) is 0 Å². The quantitative estimate of drug-likeness (QED) is 0.0172. The molecule has 1 heterocycles. The van der Waals surface area contributed by atoms with E-state index >= 15 is 0 Å². The highest BCUT2D eigenvalue weighted by Crippen LogP contribution is 2.26. The van der Waals surface area contributed by atoms with Gasteiger partial charge in [-0.2, -0.15) is 8.42 Å². The number of unbranched alkanes of at least 4 members (excludes halogenated alkanes) is 35. The number of hydrogen-bond donors (Lipinski definition) is 7. The van der Waals surface area contributed by atoms with Crippen molar-refractivity contribution >= 4 is 16.3 Å². The van der Waals surface area contributed by atoms with Crippen LogP contribution >= 0.6 is 0 Å². The molecule has 0 aromatic rings. The topological polar surface area (TPSA) is 212 Å². The number of aliphatic hydroxyl groups is 5. The van der Waals surface area contributed by atoms with E-state index in [0.29, 0.717) is 12.8 Å². The van der Waals surface area contributed by atoms with Crippen molar-refractivity contribution in [2.75, 3.05) is 13.2 Å². The third-order valence-electron chi connectivity index (χ3n) is 13.8. The third kappa shape index (κ3) is 37.3. The first-order chi connectivity index (χ1) is 33.9. The van der Waals surface area contributed by atoms with Gasteiger partial charge in [0.25, 0.3) is 0 Å². The van der Waals surface area contributed by atoms with Gasteiger partial charge in [0.05, 0.1) is 25.4 Å². The van der Waals surface area contributed by atoms with Crippen LogP contribution in [0.2, 0.25) is 0 Å². The second-order valence-corrected chi connectivity index (χ2v) is 21.4. The molecule has 0 saturated carbocycles. The summed E-state index contributed by atoms with van der Waals surface area (Å²) in [6.45, 7) is 3.26. The molecule has 1 aliphatic rings. The highest BCUT2D eigenvalue weighted by atomic mass is 32.3. The van der Waals surface area contributed by atoms with E-state index in [-0.39, 0.29) is 6.42 Å². The van der Waals surface area contributed by atoms with Gasteiger partial charge in [-0.05, 0) is 44.9 Å². The Kier molecular flexibility index (Phi) is 43.8.